The molecule has 0 radical (unpaired) electrons. The highest BCUT2D eigenvalue weighted by Crippen LogP contribution is 2.49. The predicted molar refractivity (Wildman–Crippen MR) is 156 cm³/mol. The van der Waals surface area contributed by atoms with Crippen molar-refractivity contribution in [3.63, 3.8) is 0 Å². The lowest BCUT2D eigenvalue weighted by Gasteiger charge is -2.53. The van der Waals surface area contributed by atoms with Crippen LogP contribution in [0.2, 0.25) is 0 Å². The van der Waals surface area contributed by atoms with Gasteiger partial charge in [0.25, 0.3) is 5.56 Å². The van der Waals surface area contributed by atoms with Crippen molar-refractivity contribution in [2.24, 2.45) is 10.8 Å². The zero-order valence-corrected chi connectivity index (χ0v) is 23.2. The van der Waals surface area contributed by atoms with Crippen molar-refractivity contribution in [3.8, 4) is 0 Å². The Labute approximate surface area is 234 Å². The van der Waals surface area contributed by atoms with Crippen LogP contribution in [-0.2, 0) is 17.8 Å². The molecule has 2 spiro atoms. The van der Waals surface area contributed by atoms with E-state index in [0.29, 0.717) is 22.8 Å². The lowest BCUT2D eigenvalue weighted by Crippen LogP contribution is -2.58. The van der Waals surface area contributed by atoms with Crippen LogP contribution in [-0.4, -0.2) is 63.2 Å². The lowest BCUT2D eigenvalue weighted by molar-refractivity contribution is -0.000118. The van der Waals surface area contributed by atoms with E-state index in [0.717, 1.165) is 68.1 Å². The van der Waals surface area contributed by atoms with E-state index in [9.17, 15) is 4.79 Å². The Bertz CT molecular complexity index is 1610. The summed E-state index contributed by atoms with van der Waals surface area (Å²) in [7, 11) is 0. The standard InChI is InChI=1S/C32H38N6O2/c39-30-27-16-33-17-28(38-22-32(23-38)9-14-40-15-10-32)26(27)4-11-36(30)20-25-21-37-19-24(2-3-29(37)34-25)18-35-12-7-31(8-13-35)5-1-6-31/h2-4,11,16-17,19,21H,1,5-10,12-15,18,20,22-23H2. The molecule has 8 nitrogen and oxygen atoms in total. The second-order valence-corrected chi connectivity index (χ2v) is 13.0. The molecule has 4 fully saturated rings. The number of hydrogen-bond acceptors (Lipinski definition) is 6. The molecule has 40 heavy (non-hydrogen) atoms. The Balaban J connectivity index is 0.985. The van der Waals surface area contributed by atoms with Crippen LogP contribution in [0.3, 0.4) is 0 Å². The van der Waals surface area contributed by atoms with E-state index in [1.807, 2.05) is 12.4 Å². The van der Waals surface area contributed by atoms with Crippen molar-refractivity contribution in [2.75, 3.05) is 44.3 Å². The molecular weight excluding hydrogens is 500 g/mol. The summed E-state index contributed by atoms with van der Waals surface area (Å²) >= 11 is 0. The molecule has 4 aromatic rings. The Morgan fingerprint density at radius 1 is 0.850 bits per heavy atom. The first-order chi connectivity index (χ1) is 19.6. The number of imidazole rings is 1. The molecule has 3 saturated heterocycles. The zero-order chi connectivity index (χ0) is 26.7. The van der Waals surface area contributed by atoms with Crippen LogP contribution in [0.15, 0.2) is 54.0 Å². The van der Waals surface area contributed by atoms with Crippen LogP contribution in [0, 0.1) is 10.8 Å². The van der Waals surface area contributed by atoms with Crippen molar-refractivity contribution in [1.29, 1.82) is 0 Å². The Kier molecular flexibility index (Phi) is 5.78. The van der Waals surface area contributed by atoms with Crippen molar-refractivity contribution in [1.82, 2.24) is 23.8 Å². The molecule has 0 atom stereocenters. The van der Waals surface area contributed by atoms with Gasteiger partial charge in [-0.1, -0.05) is 12.5 Å². The van der Waals surface area contributed by atoms with Gasteiger partial charge in [0.15, 0.2) is 0 Å². The summed E-state index contributed by atoms with van der Waals surface area (Å²) in [6.07, 6.45) is 19.1. The number of rotatable bonds is 5. The fraction of sp³-hybridized carbons (Fsp3) is 0.531. The second kappa shape index (κ2) is 9.42. The smallest absolute Gasteiger partial charge is 0.260 e. The Morgan fingerprint density at radius 2 is 1.68 bits per heavy atom. The van der Waals surface area contributed by atoms with Crippen molar-refractivity contribution in [3.05, 3.63) is 70.8 Å². The van der Waals surface area contributed by atoms with Crippen LogP contribution in [0.5, 0.6) is 0 Å². The summed E-state index contributed by atoms with van der Waals surface area (Å²) in [5.41, 5.74) is 5.22. The number of anilines is 1. The number of piperidine rings is 1. The molecule has 0 bridgehead atoms. The zero-order valence-electron chi connectivity index (χ0n) is 23.2. The molecule has 208 valence electrons. The summed E-state index contributed by atoms with van der Waals surface area (Å²) in [4.78, 5) is 27.8. The predicted octanol–water partition coefficient (Wildman–Crippen LogP) is 4.48. The average Bonchev–Trinajstić information content (AvgIpc) is 3.35. The minimum Gasteiger partial charge on any atom is -0.381 e. The van der Waals surface area contributed by atoms with Gasteiger partial charge in [-0.3, -0.25) is 14.7 Å². The molecule has 0 amide bonds. The van der Waals surface area contributed by atoms with E-state index in [-0.39, 0.29) is 5.56 Å². The largest absolute Gasteiger partial charge is 0.381 e. The highest BCUT2D eigenvalue weighted by molar-refractivity contribution is 5.93. The van der Waals surface area contributed by atoms with Crippen molar-refractivity contribution < 1.29 is 4.74 Å². The summed E-state index contributed by atoms with van der Waals surface area (Å²) < 4.78 is 9.45. The number of fused-ring (bicyclic) bond motifs is 2. The third kappa shape index (κ3) is 4.23. The van der Waals surface area contributed by atoms with Gasteiger partial charge in [0, 0.05) is 68.4 Å². The van der Waals surface area contributed by atoms with Gasteiger partial charge < -0.3 is 18.6 Å². The van der Waals surface area contributed by atoms with Crippen LogP contribution < -0.4 is 10.5 Å². The molecule has 4 aliphatic rings. The first-order valence-corrected chi connectivity index (χ1v) is 15.1. The van der Waals surface area contributed by atoms with E-state index in [1.165, 1.54) is 50.8 Å². The van der Waals surface area contributed by atoms with Crippen LogP contribution in [0.25, 0.3) is 16.4 Å². The SMILES string of the molecule is O=c1c2cncc(N3CC4(CCOCC4)C3)c2ccn1Cc1cn2cc(CN3CCC4(CCC4)CC3)ccc2n1. The number of nitrogens with zero attached hydrogens (tertiary/aromatic N) is 6. The average molecular weight is 539 g/mol. The number of pyridine rings is 3. The van der Waals surface area contributed by atoms with E-state index in [1.54, 1.807) is 10.8 Å². The van der Waals surface area contributed by atoms with Crippen LogP contribution in [0.1, 0.15) is 56.2 Å². The molecule has 7 heterocycles. The minimum atomic E-state index is -0.0137. The Hall–Kier alpha value is -3.23. The molecule has 3 aliphatic heterocycles. The van der Waals surface area contributed by atoms with Crippen LogP contribution >= 0.6 is 0 Å². The maximum atomic E-state index is 13.5. The van der Waals surface area contributed by atoms with Gasteiger partial charge >= 0.3 is 0 Å². The quantitative estimate of drug-likeness (QED) is 0.373. The number of hydrogen-bond donors (Lipinski definition) is 0. The molecule has 0 unspecified atom stereocenters. The van der Waals surface area contributed by atoms with Gasteiger partial charge in [-0.15, -0.1) is 0 Å². The summed E-state index contributed by atoms with van der Waals surface area (Å²) in [6, 6.07) is 6.38. The number of ether oxygens (including phenoxy) is 1. The molecule has 1 saturated carbocycles. The lowest BCUT2D eigenvalue weighted by atomic mass is 9.63. The van der Waals surface area contributed by atoms with E-state index < -0.39 is 0 Å². The molecule has 1 aliphatic carbocycles. The normalized spacial score (nSPS) is 22.1. The summed E-state index contributed by atoms with van der Waals surface area (Å²) in [5.74, 6) is 0. The van der Waals surface area contributed by atoms with Gasteiger partial charge in [0.2, 0.25) is 0 Å². The number of likely N-dealkylation sites (tertiary alicyclic amines) is 1. The molecule has 8 heteroatoms. The minimum absolute atomic E-state index is 0.0137. The highest BCUT2D eigenvalue weighted by Gasteiger charge is 2.44. The molecular formula is C32H38N6O2. The van der Waals surface area contributed by atoms with Crippen LogP contribution in [0.4, 0.5) is 5.69 Å². The fourth-order valence-corrected chi connectivity index (χ4v) is 7.68. The first-order valence-electron chi connectivity index (χ1n) is 15.1. The van der Waals surface area contributed by atoms with E-state index in [2.05, 4.69) is 49.8 Å². The van der Waals surface area contributed by atoms with Gasteiger partial charge in [0.05, 0.1) is 29.5 Å². The molecule has 0 aromatic carbocycles. The van der Waals surface area contributed by atoms with Gasteiger partial charge in [-0.25, -0.2) is 4.98 Å². The topological polar surface area (TPSA) is 67.9 Å². The maximum absolute atomic E-state index is 13.5. The van der Waals surface area contributed by atoms with Crippen molar-refractivity contribution in [2.45, 2.75) is 58.0 Å². The monoisotopic (exact) mass is 538 g/mol. The third-order valence-corrected chi connectivity index (χ3v) is 10.5. The van der Waals surface area contributed by atoms with Crippen molar-refractivity contribution >= 4 is 22.1 Å². The first kappa shape index (κ1) is 24.6. The fourth-order valence-electron chi connectivity index (χ4n) is 7.68. The summed E-state index contributed by atoms with van der Waals surface area (Å²) in [6.45, 7) is 7.60. The van der Waals surface area contributed by atoms with Gasteiger partial charge in [0.1, 0.15) is 5.65 Å². The molecule has 8 rings (SSSR count). The third-order valence-electron chi connectivity index (χ3n) is 10.5. The second-order valence-electron chi connectivity index (χ2n) is 13.0. The van der Waals surface area contributed by atoms with Gasteiger partial charge in [-0.2, -0.15) is 0 Å². The molecule has 4 aromatic heterocycles. The number of aromatic nitrogens is 4. The van der Waals surface area contributed by atoms with E-state index >= 15 is 0 Å². The van der Waals surface area contributed by atoms with Gasteiger partial charge in [-0.05, 0) is 74.7 Å². The van der Waals surface area contributed by atoms with E-state index in [4.69, 9.17) is 9.72 Å². The highest BCUT2D eigenvalue weighted by atomic mass is 16.5. The molecule has 0 N–H and O–H groups in total. The summed E-state index contributed by atoms with van der Waals surface area (Å²) in [5, 5.41) is 1.66. The maximum Gasteiger partial charge on any atom is 0.260 e. The Morgan fingerprint density at radius 3 is 2.45 bits per heavy atom.